The van der Waals surface area contributed by atoms with Gasteiger partial charge in [0.1, 0.15) is 0 Å². The lowest BCUT2D eigenvalue weighted by Crippen LogP contribution is -2.49. The molecule has 0 saturated heterocycles. The summed E-state index contributed by atoms with van der Waals surface area (Å²) < 4.78 is 10.5. The van der Waals surface area contributed by atoms with Crippen molar-refractivity contribution in [2.24, 2.45) is 5.41 Å². The molecule has 0 heterocycles. The minimum atomic E-state index is -0.557. The number of urea groups is 1. The maximum absolute atomic E-state index is 12.2. The van der Waals surface area contributed by atoms with Gasteiger partial charge in [-0.1, -0.05) is 24.6 Å². The van der Waals surface area contributed by atoms with Crippen molar-refractivity contribution >= 4 is 17.7 Å². The molecule has 0 atom stereocenters. The summed E-state index contributed by atoms with van der Waals surface area (Å²) >= 11 is 0. The van der Waals surface area contributed by atoms with Gasteiger partial charge in [0.05, 0.1) is 18.6 Å². The smallest absolute Gasteiger partial charge is 0.319 e. The lowest BCUT2D eigenvalue weighted by molar-refractivity contribution is -0.160. The van der Waals surface area contributed by atoms with Gasteiger partial charge < -0.3 is 20.1 Å². The van der Waals surface area contributed by atoms with Crippen LogP contribution in [0.25, 0.3) is 0 Å². The van der Waals surface area contributed by atoms with Crippen LogP contribution in [0.3, 0.4) is 0 Å². The highest BCUT2D eigenvalue weighted by molar-refractivity contribution is 5.90. The molecule has 6 heteroatoms. The van der Waals surface area contributed by atoms with Crippen molar-refractivity contribution in [2.45, 2.75) is 39.7 Å². The van der Waals surface area contributed by atoms with Crippen LogP contribution in [0, 0.1) is 5.41 Å². The zero-order valence-electron chi connectivity index (χ0n) is 14.4. The topological polar surface area (TPSA) is 76.7 Å². The zero-order chi connectivity index (χ0) is 17.4. The first-order valence-corrected chi connectivity index (χ1v) is 8.49. The summed E-state index contributed by atoms with van der Waals surface area (Å²) in [7, 11) is 0. The molecule has 1 aliphatic rings. The van der Waals surface area contributed by atoms with E-state index in [0.717, 1.165) is 24.8 Å². The molecule has 0 aromatic heterocycles. The van der Waals surface area contributed by atoms with Crippen molar-refractivity contribution in [3.8, 4) is 0 Å². The van der Waals surface area contributed by atoms with Gasteiger partial charge in [0.15, 0.2) is 0 Å². The van der Waals surface area contributed by atoms with E-state index in [-0.39, 0.29) is 12.0 Å². The summed E-state index contributed by atoms with van der Waals surface area (Å²) in [4.78, 5) is 24.3. The molecule has 0 spiro atoms. The molecule has 132 valence electrons. The molecule has 0 bridgehead atoms. The maximum atomic E-state index is 12.2. The van der Waals surface area contributed by atoms with Crippen molar-refractivity contribution in [1.29, 1.82) is 0 Å². The van der Waals surface area contributed by atoms with E-state index in [1.165, 1.54) is 0 Å². The lowest BCUT2D eigenvalue weighted by Gasteiger charge is -2.39. The second kappa shape index (κ2) is 8.68. The number of benzene rings is 1. The number of amides is 2. The van der Waals surface area contributed by atoms with Gasteiger partial charge in [-0.15, -0.1) is 0 Å². The molecule has 1 aromatic rings. The van der Waals surface area contributed by atoms with E-state index in [4.69, 9.17) is 9.47 Å². The van der Waals surface area contributed by atoms with Crippen LogP contribution >= 0.6 is 0 Å². The third-order valence-corrected chi connectivity index (χ3v) is 4.33. The van der Waals surface area contributed by atoms with Crippen molar-refractivity contribution in [3.05, 3.63) is 29.8 Å². The Labute approximate surface area is 142 Å². The normalized spacial score (nSPS) is 15.2. The van der Waals surface area contributed by atoms with Gasteiger partial charge >= 0.3 is 12.0 Å². The van der Waals surface area contributed by atoms with Gasteiger partial charge in [-0.25, -0.2) is 4.79 Å². The van der Waals surface area contributed by atoms with Crippen LogP contribution in [0.1, 0.15) is 38.7 Å². The molecule has 2 amide bonds. The van der Waals surface area contributed by atoms with Gasteiger partial charge in [0, 0.05) is 24.4 Å². The Morgan fingerprint density at radius 2 is 1.92 bits per heavy atom. The van der Waals surface area contributed by atoms with Crippen LogP contribution in [-0.2, 0) is 20.9 Å². The van der Waals surface area contributed by atoms with E-state index in [1.54, 1.807) is 6.92 Å². The Morgan fingerprint density at radius 1 is 1.17 bits per heavy atom. The number of anilines is 1. The van der Waals surface area contributed by atoms with Crippen LogP contribution < -0.4 is 10.6 Å². The molecule has 0 radical (unpaired) electrons. The molecular formula is C18H26N2O4. The third-order valence-electron chi connectivity index (χ3n) is 4.33. The fraction of sp³-hybridized carbons (Fsp3) is 0.556. The Balaban J connectivity index is 1.90. The number of para-hydroxylation sites is 1. The number of hydrogen-bond acceptors (Lipinski definition) is 4. The monoisotopic (exact) mass is 334 g/mol. The van der Waals surface area contributed by atoms with Crippen LogP contribution in [0.2, 0.25) is 0 Å². The number of nitrogens with one attached hydrogen (secondary N) is 2. The number of carbonyl (C=O) groups excluding carboxylic acids is 2. The maximum Gasteiger partial charge on any atom is 0.319 e. The number of rotatable bonds is 8. The van der Waals surface area contributed by atoms with Crippen LogP contribution in [-0.4, -0.2) is 31.8 Å². The number of esters is 1. The predicted octanol–water partition coefficient (Wildman–Crippen LogP) is 3.08. The molecule has 2 N–H and O–H groups in total. The highest BCUT2D eigenvalue weighted by Gasteiger charge is 2.45. The first-order valence-electron chi connectivity index (χ1n) is 8.49. The summed E-state index contributed by atoms with van der Waals surface area (Å²) in [6.45, 7) is 5.43. The molecule has 2 rings (SSSR count). The fourth-order valence-corrected chi connectivity index (χ4v) is 2.74. The highest BCUT2D eigenvalue weighted by atomic mass is 16.5. The van der Waals surface area contributed by atoms with Crippen molar-refractivity contribution in [3.63, 3.8) is 0 Å². The van der Waals surface area contributed by atoms with Gasteiger partial charge in [0.25, 0.3) is 0 Å². The Bertz CT molecular complexity index is 570. The minimum Gasteiger partial charge on any atom is -0.466 e. The second-order valence-corrected chi connectivity index (χ2v) is 5.96. The molecule has 0 aliphatic heterocycles. The van der Waals surface area contributed by atoms with E-state index in [1.807, 2.05) is 31.2 Å². The van der Waals surface area contributed by atoms with Crippen molar-refractivity contribution < 1.29 is 19.1 Å². The largest absolute Gasteiger partial charge is 0.466 e. The average Bonchev–Trinajstić information content (AvgIpc) is 2.53. The van der Waals surface area contributed by atoms with E-state index < -0.39 is 5.41 Å². The fourth-order valence-electron chi connectivity index (χ4n) is 2.74. The molecule has 1 aliphatic carbocycles. The molecule has 24 heavy (non-hydrogen) atoms. The Hall–Kier alpha value is -2.08. The molecule has 1 aromatic carbocycles. The summed E-state index contributed by atoms with van der Waals surface area (Å²) in [5, 5.41) is 5.63. The first-order chi connectivity index (χ1) is 11.6. The zero-order valence-corrected chi connectivity index (χ0v) is 14.4. The average molecular weight is 334 g/mol. The first kappa shape index (κ1) is 18.3. The highest BCUT2D eigenvalue weighted by Crippen LogP contribution is 2.41. The number of ether oxygens (including phenoxy) is 2. The SMILES string of the molecule is CCOCc1ccccc1NC(=O)NCC1(C(=O)OCC)CCC1. The Morgan fingerprint density at radius 3 is 2.54 bits per heavy atom. The lowest BCUT2D eigenvalue weighted by atomic mass is 9.68. The van der Waals surface area contributed by atoms with E-state index >= 15 is 0 Å². The molecule has 1 saturated carbocycles. The predicted molar refractivity (Wildman–Crippen MR) is 91.7 cm³/mol. The van der Waals surface area contributed by atoms with Gasteiger partial charge in [-0.05, 0) is 32.8 Å². The van der Waals surface area contributed by atoms with Crippen LogP contribution in [0.15, 0.2) is 24.3 Å². The quantitative estimate of drug-likeness (QED) is 0.716. The van der Waals surface area contributed by atoms with Crippen molar-refractivity contribution in [2.75, 3.05) is 25.1 Å². The van der Waals surface area contributed by atoms with Gasteiger partial charge in [-0.2, -0.15) is 0 Å². The third kappa shape index (κ3) is 4.47. The molecular weight excluding hydrogens is 308 g/mol. The van der Waals surface area contributed by atoms with Crippen molar-refractivity contribution in [1.82, 2.24) is 5.32 Å². The summed E-state index contributed by atoms with van der Waals surface area (Å²) in [5.41, 5.74) is 1.07. The van der Waals surface area contributed by atoms with E-state index in [0.29, 0.717) is 32.1 Å². The summed E-state index contributed by atoms with van der Waals surface area (Å²) in [5.74, 6) is -0.215. The number of hydrogen-bond donors (Lipinski definition) is 2. The molecule has 1 fully saturated rings. The second-order valence-electron chi connectivity index (χ2n) is 5.96. The molecule has 0 unspecified atom stereocenters. The standard InChI is InChI=1S/C18H26N2O4/c1-3-23-12-14-8-5-6-9-15(14)20-17(22)19-13-18(10-7-11-18)16(21)24-4-2/h5-6,8-9H,3-4,7,10-13H2,1-2H3,(H2,19,20,22). The molecule has 6 nitrogen and oxygen atoms in total. The Kier molecular flexibility index (Phi) is 6.61. The van der Waals surface area contributed by atoms with E-state index in [2.05, 4.69) is 10.6 Å². The van der Waals surface area contributed by atoms with Crippen LogP contribution in [0.5, 0.6) is 0 Å². The van der Waals surface area contributed by atoms with Gasteiger partial charge in [-0.3, -0.25) is 4.79 Å². The van der Waals surface area contributed by atoms with Crippen LogP contribution in [0.4, 0.5) is 10.5 Å². The number of carbonyl (C=O) groups is 2. The minimum absolute atomic E-state index is 0.215. The summed E-state index contributed by atoms with van der Waals surface area (Å²) in [6, 6.07) is 7.18. The summed E-state index contributed by atoms with van der Waals surface area (Å²) in [6.07, 6.45) is 2.50. The van der Waals surface area contributed by atoms with E-state index in [9.17, 15) is 9.59 Å². The van der Waals surface area contributed by atoms with Gasteiger partial charge in [0.2, 0.25) is 0 Å².